The van der Waals surface area contributed by atoms with Crippen molar-refractivity contribution in [3.63, 3.8) is 0 Å². The topological polar surface area (TPSA) is 39.2 Å². The van der Waals surface area contributed by atoms with Gasteiger partial charge in [-0.05, 0) is 44.6 Å². The highest BCUT2D eigenvalue weighted by molar-refractivity contribution is 14.1. The molecule has 15 heavy (non-hydrogen) atoms. The van der Waals surface area contributed by atoms with E-state index < -0.39 is 12.4 Å². The van der Waals surface area contributed by atoms with Gasteiger partial charge in [0.2, 0.25) is 0 Å². The van der Waals surface area contributed by atoms with Crippen LogP contribution >= 0.6 is 38.5 Å². The van der Waals surface area contributed by atoms with Crippen LogP contribution in [-0.4, -0.2) is 18.1 Å². The number of ether oxygens (including phenoxy) is 1. The van der Waals surface area contributed by atoms with Crippen LogP contribution < -0.4 is 0 Å². The molecule has 0 N–H and O–H groups in total. The van der Waals surface area contributed by atoms with Crippen LogP contribution in [0.25, 0.3) is 0 Å². The number of alkyl halides is 2. The predicted molar refractivity (Wildman–Crippen MR) is 61.0 cm³/mol. The number of hydrogen-bond acceptors (Lipinski definition) is 3. The van der Waals surface area contributed by atoms with Gasteiger partial charge in [-0.3, -0.25) is 0 Å². The molecule has 0 amide bonds. The zero-order chi connectivity index (χ0) is 11.6. The summed E-state index contributed by atoms with van der Waals surface area (Å²) in [6.07, 6.45) is -2.67. The minimum Gasteiger partial charge on any atom is -0.465 e. The fraction of sp³-hybridized carbons (Fsp3) is 0.250. The van der Waals surface area contributed by atoms with Gasteiger partial charge in [0.15, 0.2) is 0 Å². The molecule has 1 aromatic heterocycles. The number of carbonyl (C=O) groups excluding carboxylic acids is 1. The van der Waals surface area contributed by atoms with Gasteiger partial charge in [-0.15, -0.1) is 0 Å². The Morgan fingerprint density at radius 1 is 1.67 bits per heavy atom. The summed E-state index contributed by atoms with van der Waals surface area (Å²) in [5, 5.41) is 0. The van der Waals surface area contributed by atoms with Crippen LogP contribution in [-0.2, 0) is 4.74 Å². The second kappa shape index (κ2) is 5.15. The SMILES string of the molecule is COC(=O)c1c(I)cc(C(F)F)nc1Br. The molecule has 0 saturated carbocycles. The van der Waals surface area contributed by atoms with E-state index in [0.717, 1.165) is 6.07 Å². The minimum absolute atomic E-state index is 0.0663. The van der Waals surface area contributed by atoms with Gasteiger partial charge in [-0.2, -0.15) is 0 Å². The second-order valence-electron chi connectivity index (χ2n) is 2.49. The molecular weight excluding hydrogens is 387 g/mol. The summed E-state index contributed by atoms with van der Waals surface area (Å²) < 4.78 is 29.6. The van der Waals surface area contributed by atoms with Crippen LogP contribution in [0.5, 0.6) is 0 Å². The highest BCUT2D eigenvalue weighted by Gasteiger charge is 2.20. The molecule has 0 aliphatic carbocycles. The summed E-state index contributed by atoms with van der Waals surface area (Å²) in [6.45, 7) is 0. The summed E-state index contributed by atoms with van der Waals surface area (Å²) in [4.78, 5) is 14.8. The normalized spacial score (nSPS) is 10.5. The van der Waals surface area contributed by atoms with Crippen LogP contribution in [0, 0.1) is 3.57 Å². The van der Waals surface area contributed by atoms with Crippen LogP contribution in [0.3, 0.4) is 0 Å². The monoisotopic (exact) mass is 391 g/mol. The van der Waals surface area contributed by atoms with Crippen molar-refractivity contribution in [1.29, 1.82) is 0 Å². The van der Waals surface area contributed by atoms with E-state index in [4.69, 9.17) is 0 Å². The van der Waals surface area contributed by atoms with Gasteiger partial charge >= 0.3 is 5.97 Å². The standard InChI is InChI=1S/C8H5BrF2INO2/c1-15-8(14)5-3(12)2-4(7(10)11)13-6(5)9/h2,7H,1H3. The van der Waals surface area contributed by atoms with Crippen molar-refractivity contribution in [3.8, 4) is 0 Å². The number of pyridine rings is 1. The molecule has 0 aliphatic heterocycles. The van der Waals surface area contributed by atoms with E-state index in [-0.39, 0.29) is 15.9 Å². The van der Waals surface area contributed by atoms with Gasteiger partial charge in [-0.1, -0.05) is 0 Å². The van der Waals surface area contributed by atoms with Gasteiger partial charge in [0.25, 0.3) is 6.43 Å². The Morgan fingerprint density at radius 2 is 2.27 bits per heavy atom. The summed E-state index contributed by atoms with van der Waals surface area (Å²) in [6, 6.07) is 1.15. The fourth-order valence-corrected chi connectivity index (χ4v) is 2.64. The lowest BCUT2D eigenvalue weighted by atomic mass is 10.2. The number of aromatic nitrogens is 1. The summed E-state index contributed by atoms with van der Waals surface area (Å²) in [5.74, 6) is -0.611. The Labute approximate surface area is 106 Å². The molecule has 0 saturated heterocycles. The molecule has 82 valence electrons. The van der Waals surface area contributed by atoms with E-state index in [1.807, 2.05) is 0 Å². The molecule has 0 atom stereocenters. The van der Waals surface area contributed by atoms with E-state index in [1.54, 1.807) is 22.6 Å². The first kappa shape index (κ1) is 12.8. The lowest BCUT2D eigenvalue weighted by Gasteiger charge is -2.07. The van der Waals surface area contributed by atoms with E-state index >= 15 is 0 Å². The fourth-order valence-electron chi connectivity index (χ4n) is 0.898. The Balaban J connectivity index is 3.27. The molecule has 7 heteroatoms. The zero-order valence-electron chi connectivity index (χ0n) is 7.43. The largest absolute Gasteiger partial charge is 0.465 e. The number of hydrogen-bond donors (Lipinski definition) is 0. The lowest BCUT2D eigenvalue weighted by molar-refractivity contribution is 0.0597. The van der Waals surface area contributed by atoms with Crippen molar-refractivity contribution < 1.29 is 18.3 Å². The first-order valence-electron chi connectivity index (χ1n) is 3.69. The third-order valence-electron chi connectivity index (χ3n) is 1.56. The highest BCUT2D eigenvalue weighted by Crippen LogP contribution is 2.26. The molecule has 0 aliphatic rings. The lowest BCUT2D eigenvalue weighted by Crippen LogP contribution is -2.08. The molecule has 0 radical (unpaired) electrons. The second-order valence-corrected chi connectivity index (χ2v) is 4.40. The molecule has 0 unspecified atom stereocenters. The maximum absolute atomic E-state index is 12.3. The van der Waals surface area contributed by atoms with Gasteiger partial charge in [-0.25, -0.2) is 18.6 Å². The van der Waals surface area contributed by atoms with Gasteiger partial charge in [0.1, 0.15) is 15.9 Å². The van der Waals surface area contributed by atoms with Crippen molar-refractivity contribution >= 4 is 44.5 Å². The predicted octanol–water partition coefficient (Wildman–Crippen LogP) is 3.17. The molecule has 1 rings (SSSR count). The molecule has 1 heterocycles. The number of halogens is 4. The summed E-state index contributed by atoms with van der Waals surface area (Å²) >= 11 is 4.74. The van der Waals surface area contributed by atoms with Crippen molar-refractivity contribution in [2.45, 2.75) is 6.43 Å². The van der Waals surface area contributed by atoms with Crippen molar-refractivity contribution in [2.75, 3.05) is 7.11 Å². The quantitative estimate of drug-likeness (QED) is 0.441. The number of methoxy groups -OCH3 is 1. The van der Waals surface area contributed by atoms with Crippen LogP contribution in [0.2, 0.25) is 0 Å². The maximum atomic E-state index is 12.3. The summed E-state index contributed by atoms with van der Waals surface area (Å²) in [5.41, 5.74) is -0.221. The zero-order valence-corrected chi connectivity index (χ0v) is 11.2. The highest BCUT2D eigenvalue weighted by atomic mass is 127. The van der Waals surface area contributed by atoms with Crippen LogP contribution in [0.4, 0.5) is 8.78 Å². The number of carbonyl (C=O) groups is 1. The van der Waals surface area contributed by atoms with Crippen LogP contribution in [0.15, 0.2) is 10.7 Å². The number of esters is 1. The molecule has 0 fully saturated rings. The Bertz CT molecular complexity index is 377. The Hall–Kier alpha value is -0.310. The Morgan fingerprint density at radius 3 is 2.67 bits per heavy atom. The van der Waals surface area contributed by atoms with Crippen molar-refractivity contribution in [3.05, 3.63) is 25.5 Å². The van der Waals surface area contributed by atoms with E-state index in [9.17, 15) is 13.6 Å². The van der Waals surface area contributed by atoms with E-state index in [0.29, 0.717) is 3.57 Å². The minimum atomic E-state index is -2.67. The average Bonchev–Trinajstić information content (AvgIpc) is 2.16. The first-order valence-corrected chi connectivity index (χ1v) is 5.57. The molecule has 0 spiro atoms. The van der Waals surface area contributed by atoms with Gasteiger partial charge < -0.3 is 4.74 Å². The average molecular weight is 392 g/mol. The maximum Gasteiger partial charge on any atom is 0.341 e. The molecule has 3 nitrogen and oxygen atoms in total. The number of rotatable bonds is 2. The van der Waals surface area contributed by atoms with Crippen molar-refractivity contribution in [1.82, 2.24) is 4.98 Å². The van der Waals surface area contributed by atoms with Crippen molar-refractivity contribution in [2.24, 2.45) is 0 Å². The molecular formula is C8H5BrF2INO2. The third-order valence-corrected chi connectivity index (χ3v) is 2.98. The third kappa shape index (κ3) is 2.83. The summed E-state index contributed by atoms with van der Waals surface area (Å²) in [7, 11) is 1.21. The van der Waals surface area contributed by atoms with Gasteiger partial charge in [0.05, 0.1) is 7.11 Å². The Kier molecular flexibility index (Phi) is 4.38. The van der Waals surface area contributed by atoms with E-state index in [2.05, 4.69) is 25.7 Å². The molecule has 0 aromatic carbocycles. The van der Waals surface area contributed by atoms with Gasteiger partial charge in [0, 0.05) is 3.57 Å². The smallest absolute Gasteiger partial charge is 0.341 e. The molecule has 1 aromatic rings. The van der Waals surface area contributed by atoms with E-state index in [1.165, 1.54) is 7.11 Å². The number of nitrogens with zero attached hydrogens (tertiary/aromatic N) is 1. The first-order chi connectivity index (χ1) is 6.97. The van der Waals surface area contributed by atoms with Crippen LogP contribution in [0.1, 0.15) is 22.5 Å². The molecule has 0 bridgehead atoms.